The van der Waals surface area contributed by atoms with E-state index < -0.39 is 0 Å². The van der Waals surface area contributed by atoms with Crippen LogP contribution in [0.1, 0.15) is 18.2 Å². The molecule has 0 saturated carbocycles. The Morgan fingerprint density at radius 3 is 2.78 bits per heavy atom. The van der Waals surface area contributed by atoms with Crippen LogP contribution in [-0.4, -0.2) is 40.4 Å². The molecule has 0 radical (unpaired) electrons. The number of thioether (sulfide) groups is 1. The number of carbonyl (C=O) groups is 2. The van der Waals surface area contributed by atoms with E-state index in [0.29, 0.717) is 10.8 Å². The van der Waals surface area contributed by atoms with Gasteiger partial charge in [-0.2, -0.15) is 11.8 Å². The van der Waals surface area contributed by atoms with E-state index in [1.165, 1.54) is 11.3 Å². The topological polar surface area (TPSA) is 76.0 Å². The molecular weight excluding hydrogens is 332 g/mol. The first kappa shape index (κ1) is 17.6. The van der Waals surface area contributed by atoms with E-state index in [0.717, 1.165) is 12.2 Å². The summed E-state index contributed by atoms with van der Waals surface area (Å²) < 4.78 is 1.91. The molecule has 0 aliphatic carbocycles. The highest BCUT2D eigenvalue weighted by Crippen LogP contribution is 2.20. The number of amides is 2. The lowest BCUT2D eigenvalue weighted by atomic mass is 10.2. The molecule has 124 valence electrons. The van der Waals surface area contributed by atoms with Gasteiger partial charge >= 0.3 is 0 Å². The molecule has 6 nitrogen and oxygen atoms in total. The molecule has 8 heteroatoms. The second kappa shape index (κ2) is 8.73. The fraction of sp³-hybridized carbons (Fsp3) is 0.400. The number of likely N-dealkylation sites (N-methyl/N-ethyl adjacent to an activating group) is 1. The zero-order valence-corrected chi connectivity index (χ0v) is 14.7. The van der Waals surface area contributed by atoms with Crippen LogP contribution >= 0.6 is 23.1 Å². The van der Waals surface area contributed by atoms with Gasteiger partial charge in [0.25, 0.3) is 0 Å². The van der Waals surface area contributed by atoms with Gasteiger partial charge in [-0.1, -0.05) is 0 Å². The minimum absolute atomic E-state index is 0.0870. The van der Waals surface area contributed by atoms with E-state index in [4.69, 9.17) is 0 Å². The molecule has 23 heavy (non-hydrogen) atoms. The normalized spacial score (nSPS) is 11.9. The van der Waals surface area contributed by atoms with Crippen molar-refractivity contribution in [1.29, 1.82) is 0 Å². The minimum atomic E-state index is -0.260. The van der Waals surface area contributed by atoms with Crippen molar-refractivity contribution in [3.63, 3.8) is 0 Å². The predicted octanol–water partition coefficient (Wildman–Crippen LogP) is 2.17. The molecule has 2 aromatic heterocycles. The third-order valence-corrected chi connectivity index (χ3v) is 4.74. The fourth-order valence-electron chi connectivity index (χ4n) is 2.09. The second-order valence-electron chi connectivity index (χ2n) is 4.91. The number of carbonyl (C=O) groups excluding carboxylic acids is 2. The zero-order valence-electron chi connectivity index (χ0n) is 13.1. The molecule has 0 aliphatic heterocycles. The van der Waals surface area contributed by atoms with Crippen molar-refractivity contribution in [3.05, 3.63) is 35.6 Å². The van der Waals surface area contributed by atoms with E-state index in [9.17, 15) is 9.59 Å². The van der Waals surface area contributed by atoms with Crippen molar-refractivity contribution in [2.75, 3.05) is 24.4 Å². The lowest BCUT2D eigenvalue weighted by molar-refractivity contribution is -0.120. The first-order chi connectivity index (χ1) is 11.1. The summed E-state index contributed by atoms with van der Waals surface area (Å²) in [6, 6.07) is 3.55. The number of nitrogens with one attached hydrogen (secondary N) is 2. The first-order valence-corrected chi connectivity index (χ1v) is 9.48. The van der Waals surface area contributed by atoms with Crippen LogP contribution in [0.3, 0.4) is 0 Å². The molecule has 2 amide bonds. The van der Waals surface area contributed by atoms with Crippen LogP contribution < -0.4 is 10.6 Å². The van der Waals surface area contributed by atoms with Gasteiger partial charge in [0, 0.05) is 24.8 Å². The third kappa shape index (κ3) is 5.11. The van der Waals surface area contributed by atoms with Gasteiger partial charge in [0.1, 0.15) is 6.04 Å². The van der Waals surface area contributed by atoms with Crippen molar-refractivity contribution in [2.24, 2.45) is 0 Å². The Balaban J connectivity index is 2.02. The third-order valence-electron chi connectivity index (χ3n) is 3.29. The lowest BCUT2D eigenvalue weighted by Crippen LogP contribution is -2.26. The summed E-state index contributed by atoms with van der Waals surface area (Å²) in [5, 5.41) is 7.73. The lowest BCUT2D eigenvalue weighted by Gasteiger charge is -2.17. The average molecular weight is 352 g/mol. The SMILES string of the molecule is CNC(=O)Cc1csc(NC(=O)[C@H](CCSC)n2cccc2)n1. The van der Waals surface area contributed by atoms with Gasteiger partial charge in [-0.3, -0.25) is 9.59 Å². The Morgan fingerprint density at radius 1 is 1.39 bits per heavy atom. The van der Waals surface area contributed by atoms with Crippen LogP contribution in [0.25, 0.3) is 0 Å². The van der Waals surface area contributed by atoms with Crippen LogP contribution in [0.15, 0.2) is 29.9 Å². The van der Waals surface area contributed by atoms with Gasteiger partial charge in [-0.05, 0) is 30.6 Å². The average Bonchev–Trinajstić information content (AvgIpc) is 3.20. The Morgan fingerprint density at radius 2 is 2.13 bits per heavy atom. The van der Waals surface area contributed by atoms with Crippen LogP contribution in [0.2, 0.25) is 0 Å². The molecular formula is C15H20N4O2S2. The molecule has 2 rings (SSSR count). The number of hydrogen-bond acceptors (Lipinski definition) is 5. The summed E-state index contributed by atoms with van der Waals surface area (Å²) in [7, 11) is 1.59. The molecule has 0 bridgehead atoms. The highest BCUT2D eigenvalue weighted by Gasteiger charge is 2.20. The van der Waals surface area contributed by atoms with E-state index in [1.807, 2.05) is 35.3 Å². The summed E-state index contributed by atoms with van der Waals surface area (Å²) in [6.07, 6.45) is 6.78. The maximum absolute atomic E-state index is 12.6. The molecule has 0 unspecified atom stereocenters. The molecule has 0 spiro atoms. The van der Waals surface area contributed by atoms with E-state index >= 15 is 0 Å². The Hall–Kier alpha value is -1.80. The van der Waals surface area contributed by atoms with Crippen molar-refractivity contribution < 1.29 is 9.59 Å². The smallest absolute Gasteiger partial charge is 0.249 e. The second-order valence-corrected chi connectivity index (χ2v) is 6.75. The van der Waals surface area contributed by atoms with Gasteiger partial charge in [-0.15, -0.1) is 11.3 Å². The molecule has 2 N–H and O–H groups in total. The maximum atomic E-state index is 12.6. The highest BCUT2D eigenvalue weighted by atomic mass is 32.2. The van der Waals surface area contributed by atoms with Crippen LogP contribution in [-0.2, 0) is 16.0 Å². The molecule has 0 aromatic carbocycles. The van der Waals surface area contributed by atoms with Gasteiger partial charge < -0.3 is 15.2 Å². The van der Waals surface area contributed by atoms with Crippen LogP contribution in [0.5, 0.6) is 0 Å². The molecule has 0 saturated heterocycles. The Labute approximate surface area is 143 Å². The number of nitrogens with zero attached hydrogens (tertiary/aromatic N) is 2. The van der Waals surface area contributed by atoms with Crippen molar-refractivity contribution >= 4 is 40.0 Å². The quantitative estimate of drug-likeness (QED) is 0.763. The Kier molecular flexibility index (Phi) is 6.66. The van der Waals surface area contributed by atoms with E-state index in [1.54, 1.807) is 24.2 Å². The fourth-order valence-corrected chi connectivity index (χ4v) is 3.26. The number of anilines is 1. The monoisotopic (exact) mass is 352 g/mol. The van der Waals surface area contributed by atoms with E-state index in [2.05, 4.69) is 15.6 Å². The number of aromatic nitrogens is 2. The van der Waals surface area contributed by atoms with Crippen molar-refractivity contribution in [1.82, 2.24) is 14.9 Å². The van der Waals surface area contributed by atoms with Crippen LogP contribution in [0.4, 0.5) is 5.13 Å². The standard InChI is InChI=1S/C15H20N4O2S2/c1-16-13(20)9-11-10-23-15(17-11)18-14(21)12(5-8-22-2)19-6-3-4-7-19/h3-4,6-7,10,12H,5,8-9H2,1-2H3,(H,16,20)(H,17,18,21)/t12-/m0/s1. The molecule has 2 aromatic rings. The summed E-state index contributed by atoms with van der Waals surface area (Å²) in [5.74, 6) is 0.713. The van der Waals surface area contributed by atoms with Crippen molar-refractivity contribution in [3.8, 4) is 0 Å². The molecule has 0 fully saturated rings. The largest absolute Gasteiger partial charge is 0.359 e. The van der Waals surface area contributed by atoms with Crippen LogP contribution in [0, 0.1) is 0 Å². The number of thiazole rings is 1. The van der Waals surface area contributed by atoms with E-state index in [-0.39, 0.29) is 24.3 Å². The predicted molar refractivity (Wildman–Crippen MR) is 95.0 cm³/mol. The summed E-state index contributed by atoms with van der Waals surface area (Å²) in [6.45, 7) is 0. The molecule has 2 heterocycles. The zero-order chi connectivity index (χ0) is 16.7. The summed E-state index contributed by atoms with van der Waals surface area (Å²) in [5.41, 5.74) is 0.659. The summed E-state index contributed by atoms with van der Waals surface area (Å²) >= 11 is 3.04. The highest BCUT2D eigenvalue weighted by molar-refractivity contribution is 7.98. The summed E-state index contributed by atoms with van der Waals surface area (Å²) in [4.78, 5) is 28.2. The van der Waals surface area contributed by atoms with Gasteiger partial charge in [0.05, 0.1) is 12.1 Å². The Bertz CT molecular complexity index is 640. The van der Waals surface area contributed by atoms with Gasteiger partial charge in [0.15, 0.2) is 5.13 Å². The molecule has 1 atom stereocenters. The van der Waals surface area contributed by atoms with Gasteiger partial charge in [0.2, 0.25) is 11.8 Å². The van der Waals surface area contributed by atoms with Gasteiger partial charge in [-0.25, -0.2) is 4.98 Å². The number of hydrogen-bond donors (Lipinski definition) is 2. The maximum Gasteiger partial charge on any atom is 0.249 e. The molecule has 0 aliphatic rings. The first-order valence-electron chi connectivity index (χ1n) is 7.21. The minimum Gasteiger partial charge on any atom is -0.359 e. The van der Waals surface area contributed by atoms with Crippen molar-refractivity contribution in [2.45, 2.75) is 18.9 Å². The number of rotatable bonds is 8.